The molecule has 1 aliphatic rings. The van der Waals surface area contributed by atoms with Crippen LogP contribution in [0.5, 0.6) is 0 Å². The Morgan fingerprint density at radius 3 is 2.76 bits per heavy atom. The van der Waals surface area contributed by atoms with Gasteiger partial charge in [-0.3, -0.25) is 10.1 Å². The number of rotatable bonds is 4. The van der Waals surface area contributed by atoms with E-state index < -0.39 is 32.5 Å². The summed E-state index contributed by atoms with van der Waals surface area (Å²) in [4.78, 5) is 9.52. The van der Waals surface area contributed by atoms with E-state index in [2.05, 4.69) is 0 Å². The van der Waals surface area contributed by atoms with Crippen LogP contribution < -0.4 is 0 Å². The molecule has 9 heteroatoms. The lowest BCUT2D eigenvalue weighted by atomic mass is 10.2. The second kappa shape index (κ2) is 5.66. The molecule has 1 aromatic carbocycles. The van der Waals surface area contributed by atoms with E-state index >= 15 is 0 Å². The lowest BCUT2D eigenvalue weighted by Gasteiger charge is -2.23. The van der Waals surface area contributed by atoms with Crippen molar-refractivity contribution in [3.63, 3.8) is 0 Å². The largest absolute Gasteiger partial charge is 0.395 e. The third-order valence-electron chi connectivity index (χ3n) is 3.56. The van der Waals surface area contributed by atoms with Crippen molar-refractivity contribution in [1.29, 1.82) is 0 Å². The highest BCUT2D eigenvalue weighted by molar-refractivity contribution is 7.89. The minimum absolute atomic E-state index is 0.0988. The molecule has 0 aliphatic carbocycles. The summed E-state index contributed by atoms with van der Waals surface area (Å²) in [6.45, 7) is 1.30. The summed E-state index contributed by atoms with van der Waals surface area (Å²) in [6.07, 6.45) is 1.13. The summed E-state index contributed by atoms with van der Waals surface area (Å²) < 4.78 is 39.8. The van der Waals surface area contributed by atoms with Crippen molar-refractivity contribution in [2.75, 3.05) is 13.2 Å². The molecule has 21 heavy (non-hydrogen) atoms. The minimum atomic E-state index is -4.00. The standard InChI is InChI=1S/C12H15FN2O5S/c1-8-5-10(13)11(15(17)18)6-12(8)21(19,20)14-4-2-3-9(14)7-16/h5-6,9,16H,2-4,7H2,1H3. The Kier molecular flexibility index (Phi) is 4.26. The molecule has 0 saturated carbocycles. The average Bonchev–Trinajstić information content (AvgIpc) is 2.86. The van der Waals surface area contributed by atoms with Crippen molar-refractivity contribution in [2.24, 2.45) is 0 Å². The fourth-order valence-corrected chi connectivity index (χ4v) is 4.41. The van der Waals surface area contributed by atoms with E-state index in [0.717, 1.165) is 16.4 Å². The van der Waals surface area contributed by atoms with Gasteiger partial charge >= 0.3 is 5.69 Å². The summed E-state index contributed by atoms with van der Waals surface area (Å²) in [5.41, 5.74) is -0.777. The van der Waals surface area contributed by atoms with Gasteiger partial charge in [0.25, 0.3) is 0 Å². The van der Waals surface area contributed by atoms with Crippen LogP contribution in [0.2, 0.25) is 0 Å². The number of nitro groups is 1. The molecule has 0 spiro atoms. The van der Waals surface area contributed by atoms with Crippen LogP contribution in [0, 0.1) is 22.9 Å². The van der Waals surface area contributed by atoms with E-state index in [1.165, 1.54) is 6.92 Å². The Morgan fingerprint density at radius 2 is 2.19 bits per heavy atom. The number of aliphatic hydroxyl groups is 1. The highest BCUT2D eigenvalue weighted by Crippen LogP contribution is 2.31. The number of hydrogen-bond acceptors (Lipinski definition) is 5. The molecular weight excluding hydrogens is 303 g/mol. The van der Waals surface area contributed by atoms with E-state index in [4.69, 9.17) is 0 Å². The van der Waals surface area contributed by atoms with Crippen LogP contribution in [0.25, 0.3) is 0 Å². The zero-order valence-electron chi connectivity index (χ0n) is 11.3. The number of aryl methyl sites for hydroxylation is 1. The Labute approximate surface area is 121 Å². The molecule has 0 amide bonds. The Hall–Kier alpha value is -1.58. The van der Waals surface area contributed by atoms with Crippen molar-refractivity contribution in [3.8, 4) is 0 Å². The molecule has 0 radical (unpaired) electrons. The van der Waals surface area contributed by atoms with Crippen LogP contribution in [-0.2, 0) is 10.0 Å². The van der Waals surface area contributed by atoms with Gasteiger partial charge in [-0.25, -0.2) is 8.42 Å². The second-order valence-electron chi connectivity index (χ2n) is 4.92. The summed E-state index contributed by atoms with van der Waals surface area (Å²) in [5, 5.41) is 20.0. The number of nitrogens with zero attached hydrogens (tertiary/aromatic N) is 2. The maximum absolute atomic E-state index is 13.5. The first kappa shape index (κ1) is 15.8. The van der Waals surface area contributed by atoms with Gasteiger partial charge in [-0.05, 0) is 31.4 Å². The Balaban J connectivity index is 2.54. The third kappa shape index (κ3) is 2.76. The quantitative estimate of drug-likeness (QED) is 0.664. The van der Waals surface area contributed by atoms with Crippen molar-refractivity contribution in [3.05, 3.63) is 33.6 Å². The van der Waals surface area contributed by atoms with E-state index in [1.807, 2.05) is 0 Å². The molecule has 1 aromatic rings. The van der Waals surface area contributed by atoms with E-state index in [1.54, 1.807) is 0 Å². The topological polar surface area (TPSA) is 101 Å². The SMILES string of the molecule is Cc1cc(F)c([N+](=O)[O-])cc1S(=O)(=O)N1CCCC1CO. The summed E-state index contributed by atoms with van der Waals surface area (Å²) >= 11 is 0. The molecule has 1 atom stereocenters. The predicted molar refractivity (Wildman–Crippen MR) is 71.8 cm³/mol. The number of sulfonamides is 1. The number of halogens is 1. The van der Waals surface area contributed by atoms with Gasteiger partial charge < -0.3 is 5.11 Å². The first-order valence-electron chi connectivity index (χ1n) is 6.36. The minimum Gasteiger partial charge on any atom is -0.395 e. The molecule has 0 bridgehead atoms. The number of hydrogen-bond donors (Lipinski definition) is 1. The fraction of sp³-hybridized carbons (Fsp3) is 0.500. The van der Waals surface area contributed by atoms with Crippen molar-refractivity contribution >= 4 is 15.7 Å². The average molecular weight is 318 g/mol. The van der Waals surface area contributed by atoms with Gasteiger partial charge in [0.15, 0.2) is 0 Å². The van der Waals surface area contributed by atoms with Gasteiger partial charge in [0, 0.05) is 18.7 Å². The molecule has 1 unspecified atom stereocenters. The number of aliphatic hydroxyl groups excluding tert-OH is 1. The van der Waals surface area contributed by atoms with E-state index in [-0.39, 0.29) is 23.6 Å². The van der Waals surface area contributed by atoms with Gasteiger partial charge in [0.05, 0.1) is 16.4 Å². The monoisotopic (exact) mass is 318 g/mol. The van der Waals surface area contributed by atoms with Crippen LogP contribution in [0.15, 0.2) is 17.0 Å². The Bertz CT molecular complexity index is 676. The van der Waals surface area contributed by atoms with E-state index in [0.29, 0.717) is 12.8 Å². The Morgan fingerprint density at radius 1 is 1.52 bits per heavy atom. The van der Waals surface area contributed by atoms with Crippen LogP contribution in [-0.4, -0.2) is 41.9 Å². The molecule has 1 aliphatic heterocycles. The molecule has 1 saturated heterocycles. The summed E-state index contributed by atoms with van der Waals surface area (Å²) in [5.74, 6) is -1.07. The molecule has 1 N–H and O–H groups in total. The highest BCUT2D eigenvalue weighted by Gasteiger charge is 2.36. The van der Waals surface area contributed by atoms with Crippen LogP contribution in [0.3, 0.4) is 0 Å². The molecule has 0 aromatic heterocycles. The van der Waals surface area contributed by atoms with Gasteiger partial charge in [-0.1, -0.05) is 0 Å². The van der Waals surface area contributed by atoms with Crippen LogP contribution in [0.4, 0.5) is 10.1 Å². The van der Waals surface area contributed by atoms with Gasteiger partial charge in [0.2, 0.25) is 15.8 Å². The first-order valence-corrected chi connectivity index (χ1v) is 7.80. The smallest absolute Gasteiger partial charge is 0.306 e. The number of nitro benzene ring substituents is 1. The van der Waals surface area contributed by atoms with Gasteiger partial charge in [-0.2, -0.15) is 8.70 Å². The number of benzene rings is 1. The summed E-state index contributed by atoms with van der Waals surface area (Å²) in [7, 11) is -4.00. The predicted octanol–water partition coefficient (Wildman–Crippen LogP) is 1.19. The molecule has 2 rings (SSSR count). The fourth-order valence-electron chi connectivity index (χ4n) is 2.49. The van der Waals surface area contributed by atoms with Crippen LogP contribution in [0.1, 0.15) is 18.4 Å². The summed E-state index contributed by atoms with van der Waals surface area (Å²) in [6, 6.07) is 1.04. The maximum Gasteiger partial charge on any atom is 0.306 e. The van der Waals surface area contributed by atoms with E-state index in [9.17, 15) is 28.0 Å². The van der Waals surface area contributed by atoms with Gasteiger partial charge in [0.1, 0.15) is 0 Å². The molecule has 1 fully saturated rings. The zero-order chi connectivity index (χ0) is 15.8. The normalized spacial score (nSPS) is 19.9. The first-order chi connectivity index (χ1) is 9.78. The van der Waals surface area contributed by atoms with Crippen molar-refractivity contribution < 1.29 is 22.8 Å². The highest BCUT2D eigenvalue weighted by atomic mass is 32.2. The molecule has 1 heterocycles. The van der Waals surface area contributed by atoms with Gasteiger partial charge in [-0.15, -0.1) is 0 Å². The molecule has 116 valence electrons. The zero-order valence-corrected chi connectivity index (χ0v) is 12.1. The lowest BCUT2D eigenvalue weighted by Crippen LogP contribution is -2.37. The third-order valence-corrected chi connectivity index (χ3v) is 5.66. The van der Waals surface area contributed by atoms with Crippen molar-refractivity contribution in [1.82, 2.24) is 4.31 Å². The van der Waals surface area contributed by atoms with Crippen molar-refractivity contribution in [2.45, 2.75) is 30.7 Å². The molecule has 7 nitrogen and oxygen atoms in total. The molecular formula is C12H15FN2O5S. The maximum atomic E-state index is 13.5. The second-order valence-corrected chi connectivity index (χ2v) is 6.78. The van der Waals surface area contributed by atoms with Crippen LogP contribution >= 0.6 is 0 Å². The lowest BCUT2D eigenvalue weighted by molar-refractivity contribution is -0.387.